The minimum absolute atomic E-state index is 0.0498. The highest BCUT2D eigenvalue weighted by molar-refractivity contribution is 8.14. The Bertz CT molecular complexity index is 1870. The van der Waals surface area contributed by atoms with Crippen LogP contribution in [0.4, 0.5) is 5.69 Å². The molecule has 0 N–H and O–H groups in total. The summed E-state index contributed by atoms with van der Waals surface area (Å²) in [6, 6.07) is 37.8. The summed E-state index contributed by atoms with van der Waals surface area (Å²) in [6.07, 6.45) is 3.10. The number of aromatic nitrogens is 1. The Hall–Kier alpha value is -5.31. The van der Waals surface area contributed by atoms with Crippen molar-refractivity contribution in [2.45, 2.75) is 18.4 Å². The SMILES string of the molecule is O=C(OCc1ccc([N+](=O)[O-])cc1)C(N1C(=O)CC1SC(=O)c1cccnc1)=P(c1ccccc1)(c1ccccc1)c1ccccc1. The number of rotatable bonds is 10. The number of amides is 1. The first-order chi connectivity index (χ1) is 22.9. The standard InChI is InChI=1S/C36H28N3O6PS/c40-32-23-33(47-36(42)27-11-10-22-37-24-27)38(32)34(35(41)45-25-26-18-20-28(21-19-26)39(43)44)46(29-12-4-1-5-13-29,30-14-6-2-7-15-30)31-16-8-3-9-17-31/h1-22,24,33H,23,25H2. The molecule has 0 bridgehead atoms. The van der Waals surface area contributed by atoms with Crippen LogP contribution in [0.3, 0.4) is 0 Å². The fourth-order valence-corrected chi connectivity index (χ4v) is 11.0. The smallest absolute Gasteiger partial charge is 0.356 e. The molecule has 1 saturated heterocycles. The third-order valence-electron chi connectivity index (χ3n) is 7.72. The van der Waals surface area contributed by atoms with Gasteiger partial charge in [0.2, 0.25) is 11.0 Å². The van der Waals surface area contributed by atoms with E-state index in [1.54, 1.807) is 18.3 Å². The van der Waals surface area contributed by atoms with Gasteiger partial charge in [-0.2, -0.15) is 0 Å². The average molecular weight is 662 g/mol. The first-order valence-corrected chi connectivity index (χ1v) is 17.3. The molecule has 2 heterocycles. The number of non-ortho nitro benzene ring substituents is 1. The summed E-state index contributed by atoms with van der Waals surface area (Å²) in [5.74, 6) is -1.03. The van der Waals surface area contributed by atoms with Crippen LogP contribution >= 0.6 is 18.6 Å². The number of benzene rings is 4. The molecule has 1 aromatic heterocycles. The summed E-state index contributed by atoms with van der Waals surface area (Å²) in [7, 11) is 0. The Morgan fingerprint density at radius 2 is 1.38 bits per heavy atom. The van der Waals surface area contributed by atoms with Gasteiger partial charge in [0.05, 0.1) is 16.7 Å². The van der Waals surface area contributed by atoms with Crippen LogP contribution in [0.25, 0.3) is 0 Å². The summed E-state index contributed by atoms with van der Waals surface area (Å²) < 4.78 is 5.99. The van der Waals surface area contributed by atoms with Crippen molar-refractivity contribution in [1.82, 2.24) is 9.88 Å². The van der Waals surface area contributed by atoms with E-state index in [0.717, 1.165) is 27.7 Å². The number of carbonyl (C=O) groups is 3. The fraction of sp³-hybridized carbons (Fsp3) is 0.0833. The second-order valence-corrected chi connectivity index (χ2v) is 15.0. The van der Waals surface area contributed by atoms with Crippen LogP contribution in [0.2, 0.25) is 0 Å². The molecule has 0 spiro atoms. The summed E-state index contributed by atoms with van der Waals surface area (Å²) in [6.45, 7) is -3.34. The number of β-lactam (4-membered cyclic amide) rings is 1. The number of nitro benzene ring substituents is 1. The number of nitrogens with zero attached hydrogens (tertiary/aromatic N) is 3. The fourth-order valence-electron chi connectivity index (χ4n) is 5.50. The number of carbonyl (C=O) groups excluding carboxylic acids is 3. The van der Waals surface area contributed by atoms with Gasteiger partial charge in [0.15, 0.2) is 0 Å². The summed E-state index contributed by atoms with van der Waals surface area (Å²) in [5.41, 5.74) is 0.989. The highest BCUT2D eigenvalue weighted by Gasteiger charge is 2.48. The second-order valence-electron chi connectivity index (χ2n) is 10.6. The molecule has 0 radical (unpaired) electrons. The molecular weight excluding hydrogens is 633 g/mol. The first-order valence-electron chi connectivity index (χ1n) is 14.7. The van der Waals surface area contributed by atoms with E-state index in [4.69, 9.17) is 4.74 Å². The molecule has 1 atom stereocenters. The van der Waals surface area contributed by atoms with E-state index in [-0.39, 0.29) is 35.2 Å². The second kappa shape index (κ2) is 14.0. The van der Waals surface area contributed by atoms with E-state index in [0.29, 0.717) is 11.1 Å². The van der Waals surface area contributed by atoms with Gasteiger partial charge in [-0.15, -0.1) is 0 Å². The van der Waals surface area contributed by atoms with E-state index in [9.17, 15) is 24.5 Å². The van der Waals surface area contributed by atoms with Crippen LogP contribution < -0.4 is 15.9 Å². The van der Waals surface area contributed by atoms with Crippen LogP contribution in [0.5, 0.6) is 0 Å². The zero-order valence-electron chi connectivity index (χ0n) is 24.9. The van der Waals surface area contributed by atoms with Gasteiger partial charge < -0.3 is 4.74 Å². The van der Waals surface area contributed by atoms with Crippen molar-refractivity contribution in [3.63, 3.8) is 0 Å². The van der Waals surface area contributed by atoms with Crippen LogP contribution in [0, 0.1) is 10.1 Å². The maximum absolute atomic E-state index is 14.7. The normalized spacial score (nSPS) is 14.2. The Balaban J connectivity index is 1.57. The van der Waals surface area contributed by atoms with Crippen molar-refractivity contribution in [3.8, 4) is 0 Å². The van der Waals surface area contributed by atoms with Gasteiger partial charge in [-0.25, -0.2) is 4.79 Å². The molecular formula is C36H28N3O6PS. The molecule has 6 rings (SSSR count). The quantitative estimate of drug-likeness (QED) is 0.0652. The molecule has 4 aromatic carbocycles. The lowest BCUT2D eigenvalue weighted by molar-refractivity contribution is -0.384. The highest BCUT2D eigenvalue weighted by atomic mass is 32.2. The van der Waals surface area contributed by atoms with Gasteiger partial charge in [0.1, 0.15) is 12.0 Å². The minimum Gasteiger partial charge on any atom is -0.456 e. The summed E-state index contributed by atoms with van der Waals surface area (Å²) in [5, 5.41) is 12.7. The van der Waals surface area contributed by atoms with Gasteiger partial charge in [-0.3, -0.25) is 29.6 Å². The third-order valence-corrected chi connectivity index (χ3v) is 13.1. The predicted molar refractivity (Wildman–Crippen MR) is 184 cm³/mol. The summed E-state index contributed by atoms with van der Waals surface area (Å²) in [4.78, 5) is 58.0. The molecule has 1 aliphatic heterocycles. The van der Waals surface area contributed by atoms with Gasteiger partial charge in [-0.1, -0.05) is 103 Å². The van der Waals surface area contributed by atoms with Crippen LogP contribution in [0.15, 0.2) is 140 Å². The Kier molecular flexibility index (Phi) is 9.42. The van der Waals surface area contributed by atoms with E-state index >= 15 is 0 Å². The Morgan fingerprint density at radius 1 is 0.830 bits per heavy atom. The lowest BCUT2D eigenvalue weighted by Gasteiger charge is -2.44. The minimum atomic E-state index is -3.15. The highest BCUT2D eigenvalue weighted by Crippen LogP contribution is 2.49. The third kappa shape index (κ3) is 6.38. The van der Waals surface area contributed by atoms with Crippen molar-refractivity contribution in [2.24, 2.45) is 0 Å². The van der Waals surface area contributed by atoms with E-state index < -0.39 is 23.2 Å². The maximum Gasteiger partial charge on any atom is 0.356 e. The predicted octanol–water partition coefficient (Wildman–Crippen LogP) is 5.29. The Morgan fingerprint density at radius 3 is 1.85 bits per heavy atom. The van der Waals surface area contributed by atoms with E-state index in [1.165, 1.54) is 35.4 Å². The van der Waals surface area contributed by atoms with Crippen LogP contribution in [-0.4, -0.2) is 42.6 Å². The number of pyridine rings is 1. The summed E-state index contributed by atoms with van der Waals surface area (Å²) >= 11 is 0.969. The molecule has 0 saturated carbocycles. The number of hydrogen-bond donors (Lipinski definition) is 0. The van der Waals surface area contributed by atoms with E-state index in [1.807, 2.05) is 91.0 Å². The number of esters is 1. The van der Waals surface area contributed by atoms with Crippen molar-refractivity contribution < 1.29 is 24.0 Å². The van der Waals surface area contributed by atoms with Crippen molar-refractivity contribution in [1.29, 1.82) is 0 Å². The molecule has 11 heteroatoms. The monoisotopic (exact) mass is 661 g/mol. The van der Waals surface area contributed by atoms with Crippen molar-refractivity contribution in [2.75, 3.05) is 0 Å². The van der Waals surface area contributed by atoms with Gasteiger partial charge in [0, 0.05) is 37.0 Å². The van der Waals surface area contributed by atoms with Gasteiger partial charge in [0.25, 0.3) is 5.69 Å². The average Bonchev–Trinajstić information content (AvgIpc) is 3.12. The number of likely N-dealkylation sites (tertiary alicyclic amines) is 1. The molecule has 234 valence electrons. The number of thioether (sulfide) groups is 1. The van der Waals surface area contributed by atoms with Gasteiger partial charge in [-0.05, 0) is 45.7 Å². The van der Waals surface area contributed by atoms with Crippen LogP contribution in [0.1, 0.15) is 22.3 Å². The van der Waals surface area contributed by atoms with Crippen molar-refractivity contribution >= 4 is 62.7 Å². The van der Waals surface area contributed by atoms with Crippen molar-refractivity contribution in [3.05, 3.63) is 161 Å². The molecule has 1 amide bonds. The first kappa shape index (κ1) is 31.7. The van der Waals surface area contributed by atoms with Gasteiger partial charge >= 0.3 is 5.97 Å². The number of ether oxygens (including phenoxy) is 1. The molecule has 0 aliphatic carbocycles. The molecule has 1 aliphatic rings. The lowest BCUT2D eigenvalue weighted by Crippen LogP contribution is -2.58. The number of hydrogen-bond acceptors (Lipinski definition) is 8. The lowest BCUT2D eigenvalue weighted by atomic mass is 10.2. The zero-order valence-corrected chi connectivity index (χ0v) is 26.6. The largest absolute Gasteiger partial charge is 0.456 e. The molecule has 1 fully saturated rings. The number of nitro groups is 1. The molecule has 5 aromatic rings. The molecule has 47 heavy (non-hydrogen) atoms. The molecule has 1 unspecified atom stereocenters. The topological polar surface area (TPSA) is 120 Å². The maximum atomic E-state index is 14.7. The van der Waals surface area contributed by atoms with E-state index in [2.05, 4.69) is 4.98 Å². The zero-order chi connectivity index (χ0) is 32.8. The van der Waals surface area contributed by atoms with Crippen LogP contribution in [-0.2, 0) is 20.9 Å². The Labute approximate surface area is 275 Å². The molecule has 9 nitrogen and oxygen atoms in total.